The predicted molar refractivity (Wildman–Crippen MR) is 169 cm³/mol. The van der Waals surface area contributed by atoms with Crippen LogP contribution in [0.25, 0.3) is 0 Å². The summed E-state index contributed by atoms with van der Waals surface area (Å²) in [6, 6.07) is 25.5. The SMILES string of the molecule is CCC(Oc1ccc(OC(CC)N2CCN(c3ccccc3)CC2O)c(C(C)=O)c1)N1CCN(c2ccccc2)CC1O. The maximum absolute atomic E-state index is 12.7. The number of ketones is 1. The number of carbonyl (C=O) groups excluding carboxylic acids is 1. The lowest BCUT2D eigenvalue weighted by Gasteiger charge is -2.43. The van der Waals surface area contributed by atoms with Crippen molar-refractivity contribution < 1.29 is 24.5 Å². The number of rotatable bonds is 11. The Morgan fingerprint density at radius 1 is 0.744 bits per heavy atom. The molecule has 0 saturated carbocycles. The Bertz CT molecular complexity index is 1330. The zero-order valence-electron chi connectivity index (χ0n) is 25.4. The van der Waals surface area contributed by atoms with Crippen LogP contribution >= 0.6 is 0 Å². The van der Waals surface area contributed by atoms with Crippen molar-refractivity contribution in [2.45, 2.75) is 58.5 Å². The highest BCUT2D eigenvalue weighted by Gasteiger charge is 2.33. The predicted octanol–water partition coefficient (Wildman–Crippen LogP) is 4.40. The van der Waals surface area contributed by atoms with Gasteiger partial charge >= 0.3 is 0 Å². The monoisotopic (exact) mass is 588 g/mol. The molecule has 2 aliphatic rings. The summed E-state index contributed by atoms with van der Waals surface area (Å²) in [6.45, 7) is 9.33. The lowest BCUT2D eigenvalue weighted by atomic mass is 10.1. The maximum Gasteiger partial charge on any atom is 0.163 e. The van der Waals surface area contributed by atoms with Gasteiger partial charge in [0.15, 0.2) is 18.2 Å². The van der Waals surface area contributed by atoms with E-state index in [-0.39, 0.29) is 12.0 Å². The molecule has 2 N–H and O–H groups in total. The van der Waals surface area contributed by atoms with Crippen molar-refractivity contribution in [2.24, 2.45) is 0 Å². The summed E-state index contributed by atoms with van der Waals surface area (Å²) in [4.78, 5) is 21.0. The topological polar surface area (TPSA) is 89.0 Å². The van der Waals surface area contributed by atoms with Crippen LogP contribution in [0.3, 0.4) is 0 Å². The lowest BCUT2D eigenvalue weighted by Crippen LogP contribution is -2.58. The Morgan fingerprint density at radius 3 is 1.67 bits per heavy atom. The molecule has 9 nitrogen and oxygen atoms in total. The van der Waals surface area contributed by atoms with Gasteiger partial charge in [-0.05, 0) is 62.2 Å². The van der Waals surface area contributed by atoms with Gasteiger partial charge in [0.1, 0.15) is 24.0 Å². The second-order valence-corrected chi connectivity index (χ2v) is 11.2. The van der Waals surface area contributed by atoms with Crippen molar-refractivity contribution in [2.75, 3.05) is 49.1 Å². The number of anilines is 2. The van der Waals surface area contributed by atoms with E-state index >= 15 is 0 Å². The van der Waals surface area contributed by atoms with Crippen LogP contribution in [0, 0.1) is 0 Å². The van der Waals surface area contributed by atoms with Gasteiger partial charge in [-0.25, -0.2) is 9.80 Å². The molecule has 5 rings (SSSR count). The Morgan fingerprint density at radius 2 is 1.23 bits per heavy atom. The number of β-amino-alcohol motifs (C(OH)–C–C–N with tert-alkyl or cyclic N) is 2. The third-order valence-corrected chi connectivity index (χ3v) is 8.34. The van der Waals surface area contributed by atoms with Crippen molar-refractivity contribution in [3.63, 3.8) is 0 Å². The molecular formula is C34H44N4O5. The Kier molecular flexibility index (Phi) is 10.2. The fraction of sp³-hybridized carbons (Fsp3) is 0.441. The van der Waals surface area contributed by atoms with E-state index in [9.17, 15) is 15.0 Å². The van der Waals surface area contributed by atoms with Crippen LogP contribution < -0.4 is 19.3 Å². The molecule has 0 aliphatic carbocycles. The summed E-state index contributed by atoms with van der Waals surface area (Å²) in [5, 5.41) is 22.1. The Hall–Kier alpha value is -3.63. The molecule has 3 aromatic rings. The van der Waals surface area contributed by atoms with Crippen LogP contribution in [0.5, 0.6) is 11.5 Å². The molecule has 2 heterocycles. The van der Waals surface area contributed by atoms with E-state index < -0.39 is 18.7 Å². The fourth-order valence-corrected chi connectivity index (χ4v) is 6.01. The number of benzene rings is 3. The Balaban J connectivity index is 1.24. The molecule has 9 heteroatoms. The molecule has 0 bridgehead atoms. The largest absolute Gasteiger partial charge is 0.475 e. The smallest absolute Gasteiger partial charge is 0.163 e. The van der Waals surface area contributed by atoms with Crippen LogP contribution in [0.4, 0.5) is 11.4 Å². The van der Waals surface area contributed by atoms with E-state index in [1.165, 1.54) is 6.92 Å². The number of carbonyl (C=O) groups is 1. The first-order chi connectivity index (χ1) is 20.9. The number of piperazine rings is 2. The quantitative estimate of drug-likeness (QED) is 0.317. The van der Waals surface area contributed by atoms with E-state index in [0.29, 0.717) is 56.1 Å². The molecule has 0 spiro atoms. The minimum Gasteiger partial charge on any atom is -0.475 e. The summed E-state index contributed by atoms with van der Waals surface area (Å²) in [6.07, 6.45) is -0.825. The standard InChI is InChI=1S/C34H44N4O5/c1-4-33(37-20-18-35(23-31(37)40)26-12-8-6-9-13-26)42-28-16-17-30(29(22-28)25(3)39)43-34(5-2)38-21-19-36(24-32(38)41)27-14-10-7-11-15-27/h6-17,22,31-34,40-41H,4-5,18-21,23-24H2,1-3H3. The van der Waals surface area contributed by atoms with Gasteiger partial charge in [0, 0.05) is 37.6 Å². The lowest BCUT2D eigenvalue weighted by molar-refractivity contribution is -0.0962. The van der Waals surface area contributed by atoms with Gasteiger partial charge < -0.3 is 29.5 Å². The summed E-state index contributed by atoms with van der Waals surface area (Å²) >= 11 is 0. The second-order valence-electron chi connectivity index (χ2n) is 11.2. The molecule has 0 amide bonds. The van der Waals surface area contributed by atoms with Crippen LogP contribution in [-0.4, -0.2) is 90.0 Å². The van der Waals surface area contributed by atoms with Crippen molar-refractivity contribution in [1.29, 1.82) is 0 Å². The highest BCUT2D eigenvalue weighted by atomic mass is 16.5. The summed E-state index contributed by atoms with van der Waals surface area (Å²) in [7, 11) is 0. The number of para-hydroxylation sites is 2. The zero-order chi connectivity index (χ0) is 30.3. The number of aliphatic hydroxyl groups is 2. The van der Waals surface area contributed by atoms with Gasteiger partial charge in [-0.3, -0.25) is 4.79 Å². The van der Waals surface area contributed by atoms with Gasteiger partial charge in [-0.2, -0.15) is 0 Å². The Labute approximate surface area is 254 Å². The van der Waals surface area contributed by atoms with Crippen molar-refractivity contribution in [1.82, 2.24) is 9.80 Å². The fourth-order valence-electron chi connectivity index (χ4n) is 6.01. The van der Waals surface area contributed by atoms with Crippen LogP contribution in [0.15, 0.2) is 78.9 Å². The van der Waals surface area contributed by atoms with Crippen molar-refractivity contribution in [3.05, 3.63) is 84.4 Å². The average Bonchev–Trinajstić information content (AvgIpc) is 3.04. The van der Waals surface area contributed by atoms with Gasteiger partial charge in [0.2, 0.25) is 0 Å². The van der Waals surface area contributed by atoms with E-state index in [0.717, 1.165) is 24.5 Å². The number of Topliss-reactive ketones (excluding diaryl/α,β-unsaturated/α-hetero) is 1. The first-order valence-electron chi connectivity index (χ1n) is 15.3. The van der Waals surface area contributed by atoms with Gasteiger partial charge in [-0.15, -0.1) is 0 Å². The van der Waals surface area contributed by atoms with Crippen molar-refractivity contribution in [3.8, 4) is 11.5 Å². The van der Waals surface area contributed by atoms with E-state index in [2.05, 4.69) is 21.9 Å². The number of nitrogens with zero attached hydrogens (tertiary/aromatic N) is 4. The summed E-state index contributed by atoms with van der Waals surface area (Å²) in [5.74, 6) is 0.884. The number of hydrogen-bond acceptors (Lipinski definition) is 9. The molecule has 0 radical (unpaired) electrons. The zero-order valence-corrected chi connectivity index (χ0v) is 25.4. The van der Waals surface area contributed by atoms with Gasteiger partial charge in [0.05, 0.1) is 18.7 Å². The molecule has 2 fully saturated rings. The van der Waals surface area contributed by atoms with E-state index in [1.807, 2.05) is 78.2 Å². The molecule has 2 saturated heterocycles. The highest BCUT2D eigenvalue weighted by molar-refractivity contribution is 5.97. The van der Waals surface area contributed by atoms with Crippen LogP contribution in [-0.2, 0) is 0 Å². The highest BCUT2D eigenvalue weighted by Crippen LogP contribution is 2.30. The van der Waals surface area contributed by atoms with E-state index in [1.54, 1.807) is 12.1 Å². The van der Waals surface area contributed by atoms with E-state index in [4.69, 9.17) is 9.47 Å². The molecule has 230 valence electrons. The normalized spacial score (nSPS) is 21.3. The molecule has 2 aliphatic heterocycles. The minimum absolute atomic E-state index is 0.130. The second kappa shape index (κ2) is 14.2. The molecule has 4 atom stereocenters. The summed E-state index contributed by atoms with van der Waals surface area (Å²) in [5.41, 5.74) is 2.60. The van der Waals surface area contributed by atoms with Crippen LogP contribution in [0.1, 0.15) is 44.0 Å². The number of ether oxygens (including phenoxy) is 2. The maximum atomic E-state index is 12.7. The third kappa shape index (κ3) is 7.30. The molecule has 0 aromatic heterocycles. The first kappa shape index (κ1) is 30.8. The van der Waals surface area contributed by atoms with Gasteiger partial charge in [0.25, 0.3) is 0 Å². The average molecular weight is 589 g/mol. The number of hydrogen-bond donors (Lipinski definition) is 2. The number of aliphatic hydroxyl groups excluding tert-OH is 2. The summed E-state index contributed by atoms with van der Waals surface area (Å²) < 4.78 is 12.8. The van der Waals surface area contributed by atoms with Crippen molar-refractivity contribution >= 4 is 17.2 Å². The molecular weight excluding hydrogens is 544 g/mol. The minimum atomic E-state index is -0.707. The van der Waals surface area contributed by atoms with Crippen LogP contribution in [0.2, 0.25) is 0 Å². The van der Waals surface area contributed by atoms with Gasteiger partial charge in [-0.1, -0.05) is 50.2 Å². The molecule has 43 heavy (non-hydrogen) atoms. The molecule has 3 aromatic carbocycles. The molecule has 4 unspecified atom stereocenters. The third-order valence-electron chi connectivity index (χ3n) is 8.34. The first-order valence-corrected chi connectivity index (χ1v) is 15.3.